The number of hydrogen-bond acceptors (Lipinski definition) is 2. The van der Waals surface area contributed by atoms with Crippen molar-refractivity contribution in [3.63, 3.8) is 0 Å². The highest BCUT2D eigenvalue weighted by molar-refractivity contribution is 5.66. The fourth-order valence-corrected chi connectivity index (χ4v) is 1.89. The molecule has 0 fully saturated rings. The summed E-state index contributed by atoms with van der Waals surface area (Å²) in [6.45, 7) is 2.47. The lowest BCUT2D eigenvalue weighted by Gasteiger charge is -2.04. The van der Waals surface area contributed by atoms with Crippen LogP contribution in [0.2, 0.25) is 0 Å². The normalized spacial score (nSPS) is 10.8. The molecule has 0 saturated carbocycles. The number of hydrogen-bond donors (Lipinski definition) is 1. The highest BCUT2D eigenvalue weighted by Gasteiger charge is 2.10. The highest BCUT2D eigenvalue weighted by Crippen LogP contribution is 2.24. The molecule has 2 rings (SSSR count). The second-order valence-corrected chi connectivity index (χ2v) is 4.16. The molecule has 0 aliphatic carbocycles. The summed E-state index contributed by atoms with van der Waals surface area (Å²) in [6, 6.07) is 5.14. The van der Waals surface area contributed by atoms with Crippen molar-refractivity contribution in [3.8, 4) is 11.1 Å². The molecule has 1 aromatic carbocycles. The predicted molar refractivity (Wildman–Crippen MR) is 66.1 cm³/mol. The van der Waals surface area contributed by atoms with Gasteiger partial charge in [0.05, 0.1) is 5.69 Å². The molecule has 1 heterocycles. The molecule has 0 radical (unpaired) electrons. The summed E-state index contributed by atoms with van der Waals surface area (Å²) < 4.78 is 15.0. The van der Waals surface area contributed by atoms with E-state index in [9.17, 15) is 4.39 Å². The third-order valence-corrected chi connectivity index (χ3v) is 2.72. The maximum absolute atomic E-state index is 13.2. The van der Waals surface area contributed by atoms with Crippen molar-refractivity contribution < 1.29 is 4.39 Å². The molecule has 0 amide bonds. The summed E-state index contributed by atoms with van der Waals surface area (Å²) in [6.07, 6.45) is 1.96. The van der Waals surface area contributed by atoms with Crippen molar-refractivity contribution in [2.45, 2.75) is 13.5 Å². The first-order valence-corrected chi connectivity index (χ1v) is 5.55. The number of nitrogens with zero attached hydrogens (tertiary/aromatic N) is 2. The second kappa shape index (κ2) is 4.67. The molecule has 0 atom stereocenters. The van der Waals surface area contributed by atoms with Crippen LogP contribution in [0.15, 0.2) is 24.4 Å². The summed E-state index contributed by atoms with van der Waals surface area (Å²) in [5, 5.41) is 7.47. The Labute approximate surface area is 100 Å². The minimum absolute atomic E-state index is 0.173. The largest absolute Gasteiger partial charge is 0.314 e. The Morgan fingerprint density at radius 2 is 2.18 bits per heavy atom. The van der Waals surface area contributed by atoms with E-state index in [1.165, 1.54) is 6.07 Å². The summed E-state index contributed by atoms with van der Waals surface area (Å²) in [5.74, 6) is -0.173. The zero-order valence-electron chi connectivity index (χ0n) is 10.3. The van der Waals surface area contributed by atoms with Gasteiger partial charge >= 0.3 is 0 Å². The lowest BCUT2D eigenvalue weighted by atomic mass is 10.0. The molecule has 0 aliphatic heterocycles. The van der Waals surface area contributed by atoms with Gasteiger partial charge in [0.1, 0.15) is 5.82 Å². The summed E-state index contributed by atoms with van der Waals surface area (Å²) in [4.78, 5) is 0. The number of halogens is 1. The van der Waals surface area contributed by atoms with Crippen molar-refractivity contribution in [3.05, 3.63) is 41.5 Å². The van der Waals surface area contributed by atoms with Gasteiger partial charge in [0.25, 0.3) is 0 Å². The van der Waals surface area contributed by atoms with Crippen molar-refractivity contribution in [1.82, 2.24) is 15.1 Å². The van der Waals surface area contributed by atoms with Crippen LogP contribution in [0, 0.1) is 12.7 Å². The molecule has 0 saturated heterocycles. The van der Waals surface area contributed by atoms with Gasteiger partial charge in [0.2, 0.25) is 0 Å². The third kappa shape index (κ3) is 2.36. The van der Waals surface area contributed by atoms with E-state index < -0.39 is 0 Å². The average Bonchev–Trinajstić information content (AvgIpc) is 2.64. The van der Waals surface area contributed by atoms with Crippen LogP contribution < -0.4 is 5.32 Å². The van der Waals surface area contributed by atoms with Gasteiger partial charge in [-0.25, -0.2) is 4.39 Å². The fraction of sp³-hybridized carbons (Fsp3) is 0.308. The zero-order chi connectivity index (χ0) is 12.4. The van der Waals surface area contributed by atoms with E-state index in [1.807, 2.05) is 26.4 Å². The van der Waals surface area contributed by atoms with Crippen LogP contribution in [0.1, 0.15) is 11.3 Å². The Morgan fingerprint density at radius 3 is 2.82 bits per heavy atom. The summed E-state index contributed by atoms with van der Waals surface area (Å²) >= 11 is 0. The third-order valence-electron chi connectivity index (χ3n) is 2.72. The predicted octanol–water partition coefficient (Wildman–Crippen LogP) is 2.25. The van der Waals surface area contributed by atoms with E-state index in [4.69, 9.17) is 0 Å². The van der Waals surface area contributed by atoms with Gasteiger partial charge in [0, 0.05) is 25.4 Å². The minimum atomic E-state index is -0.173. The molecule has 4 heteroatoms. The van der Waals surface area contributed by atoms with Crippen LogP contribution in [0.5, 0.6) is 0 Å². The Bertz CT molecular complexity index is 531. The molecule has 90 valence electrons. The van der Waals surface area contributed by atoms with Crippen LogP contribution in [-0.2, 0) is 13.6 Å². The summed E-state index contributed by atoms with van der Waals surface area (Å²) in [7, 11) is 3.77. The fourth-order valence-electron chi connectivity index (χ4n) is 1.89. The first-order valence-electron chi connectivity index (χ1n) is 5.55. The number of nitrogens with one attached hydrogen (secondary N) is 1. The maximum Gasteiger partial charge on any atom is 0.126 e. The molecule has 0 unspecified atom stereocenters. The van der Waals surface area contributed by atoms with E-state index in [0.29, 0.717) is 12.1 Å². The van der Waals surface area contributed by atoms with E-state index in [0.717, 1.165) is 16.8 Å². The Morgan fingerprint density at radius 1 is 1.41 bits per heavy atom. The maximum atomic E-state index is 13.2. The molecule has 2 aromatic rings. The SMILES string of the molecule is CNCc1nn(C)cc1-c1ccc(F)c(C)c1. The standard InChI is InChI=1S/C13H16FN3/c1-9-6-10(4-5-12(9)14)11-8-17(3)16-13(11)7-15-2/h4-6,8,15H,7H2,1-3H3. The number of rotatable bonds is 3. The van der Waals surface area contributed by atoms with Gasteiger partial charge in [-0.05, 0) is 37.2 Å². The molecule has 17 heavy (non-hydrogen) atoms. The lowest BCUT2D eigenvalue weighted by molar-refractivity contribution is 0.619. The zero-order valence-corrected chi connectivity index (χ0v) is 10.3. The van der Waals surface area contributed by atoms with E-state index in [2.05, 4.69) is 10.4 Å². The monoisotopic (exact) mass is 233 g/mol. The molecular formula is C13H16FN3. The topological polar surface area (TPSA) is 29.9 Å². The van der Waals surface area contributed by atoms with Crippen LogP contribution in [0.4, 0.5) is 4.39 Å². The van der Waals surface area contributed by atoms with Crippen LogP contribution >= 0.6 is 0 Å². The van der Waals surface area contributed by atoms with E-state index in [-0.39, 0.29) is 5.82 Å². The minimum Gasteiger partial charge on any atom is -0.314 e. The van der Waals surface area contributed by atoms with Crippen molar-refractivity contribution in [1.29, 1.82) is 0 Å². The van der Waals surface area contributed by atoms with Crippen LogP contribution in [0.3, 0.4) is 0 Å². The quantitative estimate of drug-likeness (QED) is 0.881. The van der Waals surface area contributed by atoms with Gasteiger partial charge < -0.3 is 5.32 Å². The van der Waals surface area contributed by atoms with Gasteiger partial charge in [-0.2, -0.15) is 5.10 Å². The second-order valence-electron chi connectivity index (χ2n) is 4.16. The Kier molecular flexibility index (Phi) is 3.24. The highest BCUT2D eigenvalue weighted by atomic mass is 19.1. The molecular weight excluding hydrogens is 217 g/mol. The van der Waals surface area contributed by atoms with Crippen LogP contribution in [0.25, 0.3) is 11.1 Å². The number of aryl methyl sites for hydroxylation is 2. The summed E-state index contributed by atoms with van der Waals surface area (Å²) in [5.41, 5.74) is 3.68. The molecule has 0 spiro atoms. The molecule has 1 aromatic heterocycles. The van der Waals surface area contributed by atoms with Gasteiger partial charge in [0.15, 0.2) is 0 Å². The van der Waals surface area contributed by atoms with Crippen molar-refractivity contribution in [2.24, 2.45) is 7.05 Å². The smallest absolute Gasteiger partial charge is 0.126 e. The molecule has 0 bridgehead atoms. The van der Waals surface area contributed by atoms with Gasteiger partial charge in [-0.1, -0.05) is 6.07 Å². The number of benzene rings is 1. The average molecular weight is 233 g/mol. The van der Waals surface area contributed by atoms with Gasteiger partial charge in [-0.3, -0.25) is 4.68 Å². The molecule has 1 N–H and O–H groups in total. The molecule has 3 nitrogen and oxygen atoms in total. The first-order chi connectivity index (χ1) is 8.11. The first kappa shape index (κ1) is 11.8. The van der Waals surface area contributed by atoms with Crippen molar-refractivity contribution in [2.75, 3.05) is 7.05 Å². The lowest BCUT2D eigenvalue weighted by Crippen LogP contribution is -2.07. The number of aromatic nitrogens is 2. The van der Waals surface area contributed by atoms with E-state index >= 15 is 0 Å². The van der Waals surface area contributed by atoms with Gasteiger partial charge in [-0.15, -0.1) is 0 Å². The Hall–Kier alpha value is -1.68. The van der Waals surface area contributed by atoms with Crippen molar-refractivity contribution >= 4 is 0 Å². The Balaban J connectivity index is 2.47. The van der Waals surface area contributed by atoms with E-state index in [1.54, 1.807) is 17.7 Å². The molecule has 0 aliphatic rings. The van der Waals surface area contributed by atoms with Crippen LogP contribution in [-0.4, -0.2) is 16.8 Å².